The number of ether oxygens (including phenoxy) is 4. The summed E-state index contributed by atoms with van der Waals surface area (Å²) in [7, 11) is 0. The minimum Gasteiger partial charge on any atom is -0.491 e. The molecule has 0 aromatic heterocycles. The van der Waals surface area contributed by atoms with Crippen LogP contribution < -0.4 is 20.1 Å². The van der Waals surface area contributed by atoms with Crippen molar-refractivity contribution in [3.05, 3.63) is 48.5 Å². The van der Waals surface area contributed by atoms with E-state index in [1.807, 2.05) is 48.5 Å². The second-order valence-electron chi connectivity index (χ2n) is 10.3. The van der Waals surface area contributed by atoms with Crippen molar-refractivity contribution in [1.82, 2.24) is 0 Å². The van der Waals surface area contributed by atoms with Gasteiger partial charge in [-0.15, -0.1) is 0 Å². The lowest BCUT2D eigenvalue weighted by Gasteiger charge is -2.12. The van der Waals surface area contributed by atoms with Crippen LogP contribution in [0.2, 0.25) is 0 Å². The molecule has 2 unspecified atom stereocenters. The first kappa shape index (κ1) is 28.9. The quantitative estimate of drug-likeness (QED) is 0.250. The van der Waals surface area contributed by atoms with Crippen LogP contribution in [-0.4, -0.2) is 50.4 Å². The van der Waals surface area contributed by atoms with Gasteiger partial charge in [0.05, 0.1) is 12.2 Å². The van der Waals surface area contributed by atoms with Crippen LogP contribution in [0.15, 0.2) is 48.5 Å². The summed E-state index contributed by atoms with van der Waals surface area (Å²) < 4.78 is 22.8. The summed E-state index contributed by atoms with van der Waals surface area (Å²) >= 11 is 0. The third kappa shape index (κ3) is 10.9. The second kappa shape index (κ2) is 16.1. The maximum Gasteiger partial charge on any atom is 0.224 e. The maximum absolute atomic E-state index is 12.3. The number of nitrogens with one attached hydrogen (secondary N) is 2. The van der Waals surface area contributed by atoms with Crippen molar-refractivity contribution in [2.45, 2.75) is 82.8 Å². The standard InChI is InChI=1S/C31H42N2O6/c34-30(32-24-10-6-12-26(20-24)38-22-28-14-8-18-36-28)16-4-2-1-3-5-17-31(35)33-25-11-7-13-27(21-25)39-23-29-15-9-19-37-29/h6-7,10-13,20-21,28-29H,1-5,8-9,14-19,22-23H2,(H,32,34)(H,33,35). The Bertz CT molecular complexity index is 952. The van der Waals surface area contributed by atoms with E-state index >= 15 is 0 Å². The Balaban J connectivity index is 1.02. The molecule has 39 heavy (non-hydrogen) atoms. The van der Waals surface area contributed by atoms with Crippen LogP contribution in [0, 0.1) is 0 Å². The molecule has 0 radical (unpaired) electrons. The van der Waals surface area contributed by atoms with Crippen molar-refractivity contribution in [3.63, 3.8) is 0 Å². The van der Waals surface area contributed by atoms with E-state index in [9.17, 15) is 9.59 Å². The normalized spacial score (nSPS) is 18.6. The molecular formula is C31H42N2O6. The molecular weight excluding hydrogens is 496 g/mol. The zero-order valence-corrected chi connectivity index (χ0v) is 22.8. The average Bonchev–Trinajstić information content (AvgIpc) is 3.65. The highest BCUT2D eigenvalue weighted by Crippen LogP contribution is 2.22. The molecule has 212 valence electrons. The molecule has 0 bridgehead atoms. The molecule has 2 heterocycles. The highest BCUT2D eigenvalue weighted by Gasteiger charge is 2.17. The van der Waals surface area contributed by atoms with E-state index < -0.39 is 0 Å². The van der Waals surface area contributed by atoms with Gasteiger partial charge in [0.2, 0.25) is 11.8 Å². The number of hydrogen-bond acceptors (Lipinski definition) is 6. The van der Waals surface area contributed by atoms with Gasteiger partial charge in [0.15, 0.2) is 0 Å². The first-order valence-electron chi connectivity index (χ1n) is 14.4. The molecule has 2 aliphatic heterocycles. The molecule has 0 saturated carbocycles. The predicted molar refractivity (Wildman–Crippen MR) is 151 cm³/mol. The first-order chi connectivity index (χ1) is 19.1. The maximum atomic E-state index is 12.3. The van der Waals surface area contributed by atoms with E-state index in [1.165, 1.54) is 0 Å². The van der Waals surface area contributed by atoms with Crippen molar-refractivity contribution in [1.29, 1.82) is 0 Å². The van der Waals surface area contributed by atoms with Crippen LogP contribution in [0.25, 0.3) is 0 Å². The minimum absolute atomic E-state index is 0.00707. The lowest BCUT2D eigenvalue weighted by molar-refractivity contribution is -0.117. The van der Waals surface area contributed by atoms with Gasteiger partial charge in [-0.3, -0.25) is 9.59 Å². The molecule has 0 aliphatic carbocycles. The van der Waals surface area contributed by atoms with E-state index in [2.05, 4.69) is 10.6 Å². The van der Waals surface area contributed by atoms with Crippen LogP contribution in [0.3, 0.4) is 0 Å². The Morgan fingerprint density at radius 1 is 0.692 bits per heavy atom. The molecule has 2 N–H and O–H groups in total. The van der Waals surface area contributed by atoms with E-state index in [0.717, 1.165) is 93.9 Å². The Labute approximate surface area is 231 Å². The number of anilines is 2. The fraction of sp³-hybridized carbons (Fsp3) is 0.548. The molecule has 2 aromatic carbocycles. The summed E-state index contributed by atoms with van der Waals surface area (Å²) in [4.78, 5) is 24.7. The average molecular weight is 539 g/mol. The van der Waals surface area contributed by atoms with Gasteiger partial charge in [-0.25, -0.2) is 0 Å². The molecule has 2 fully saturated rings. The van der Waals surface area contributed by atoms with Crippen molar-refractivity contribution in [2.75, 3.05) is 37.1 Å². The van der Waals surface area contributed by atoms with Crippen molar-refractivity contribution in [3.8, 4) is 11.5 Å². The number of unbranched alkanes of at least 4 members (excludes halogenated alkanes) is 4. The molecule has 4 rings (SSSR count). The summed E-state index contributed by atoms with van der Waals surface area (Å²) in [6, 6.07) is 15.0. The lowest BCUT2D eigenvalue weighted by Crippen LogP contribution is -2.16. The van der Waals surface area contributed by atoms with Crippen LogP contribution in [0.5, 0.6) is 11.5 Å². The Morgan fingerprint density at radius 3 is 1.59 bits per heavy atom. The number of carbonyl (C=O) groups is 2. The molecule has 2 aromatic rings. The van der Waals surface area contributed by atoms with Gasteiger partial charge in [-0.2, -0.15) is 0 Å². The third-order valence-corrected chi connectivity index (χ3v) is 6.96. The predicted octanol–water partition coefficient (Wildman–Crippen LogP) is 6.11. The van der Waals surface area contributed by atoms with Gasteiger partial charge >= 0.3 is 0 Å². The van der Waals surface area contributed by atoms with Crippen molar-refractivity contribution < 1.29 is 28.5 Å². The van der Waals surface area contributed by atoms with Gasteiger partial charge < -0.3 is 29.6 Å². The first-order valence-corrected chi connectivity index (χ1v) is 14.4. The molecule has 2 aliphatic rings. The van der Waals surface area contributed by atoms with Crippen LogP contribution in [0.1, 0.15) is 70.6 Å². The number of benzene rings is 2. The van der Waals surface area contributed by atoms with Crippen LogP contribution >= 0.6 is 0 Å². The lowest BCUT2D eigenvalue weighted by atomic mass is 10.1. The summed E-state index contributed by atoms with van der Waals surface area (Å²) in [5.41, 5.74) is 1.49. The van der Waals surface area contributed by atoms with Gasteiger partial charge in [0.1, 0.15) is 24.7 Å². The second-order valence-corrected chi connectivity index (χ2v) is 10.3. The highest BCUT2D eigenvalue weighted by atomic mass is 16.5. The van der Waals surface area contributed by atoms with E-state index in [-0.39, 0.29) is 24.0 Å². The number of rotatable bonds is 16. The summed E-state index contributed by atoms with van der Waals surface area (Å²) in [5, 5.41) is 5.92. The molecule has 8 heteroatoms. The number of carbonyl (C=O) groups excluding carboxylic acids is 2. The van der Waals surface area contributed by atoms with Gasteiger partial charge in [-0.05, 0) is 62.8 Å². The number of amides is 2. The zero-order chi connectivity index (χ0) is 27.1. The van der Waals surface area contributed by atoms with Gasteiger partial charge in [-0.1, -0.05) is 31.4 Å². The minimum atomic E-state index is 0.00707. The molecule has 2 saturated heterocycles. The van der Waals surface area contributed by atoms with E-state index in [0.29, 0.717) is 26.1 Å². The fourth-order valence-electron chi connectivity index (χ4n) is 4.81. The van der Waals surface area contributed by atoms with Gasteiger partial charge in [0.25, 0.3) is 0 Å². The summed E-state index contributed by atoms with van der Waals surface area (Å²) in [6.07, 6.45) is 10.1. The summed E-state index contributed by atoms with van der Waals surface area (Å²) in [6.45, 7) is 2.69. The molecule has 2 amide bonds. The molecule has 0 spiro atoms. The van der Waals surface area contributed by atoms with E-state index in [1.54, 1.807) is 0 Å². The largest absolute Gasteiger partial charge is 0.491 e. The SMILES string of the molecule is O=C(CCCCCCCC(=O)Nc1cccc(OCC2CCCO2)c1)Nc1cccc(OCC2CCCO2)c1. The third-order valence-electron chi connectivity index (χ3n) is 6.96. The molecule has 2 atom stereocenters. The zero-order valence-electron chi connectivity index (χ0n) is 22.8. The number of hydrogen-bond donors (Lipinski definition) is 2. The van der Waals surface area contributed by atoms with Crippen LogP contribution in [0.4, 0.5) is 11.4 Å². The summed E-state index contributed by atoms with van der Waals surface area (Å²) in [5.74, 6) is 1.49. The Morgan fingerprint density at radius 2 is 1.15 bits per heavy atom. The van der Waals surface area contributed by atoms with Gasteiger partial charge in [0, 0.05) is 49.6 Å². The Hall–Kier alpha value is -3.10. The topological polar surface area (TPSA) is 95.1 Å². The van der Waals surface area contributed by atoms with Crippen LogP contribution in [-0.2, 0) is 19.1 Å². The molecule has 8 nitrogen and oxygen atoms in total. The highest BCUT2D eigenvalue weighted by molar-refractivity contribution is 5.91. The monoisotopic (exact) mass is 538 g/mol. The smallest absolute Gasteiger partial charge is 0.224 e. The van der Waals surface area contributed by atoms with Crippen molar-refractivity contribution >= 4 is 23.2 Å². The van der Waals surface area contributed by atoms with Crippen molar-refractivity contribution in [2.24, 2.45) is 0 Å². The van der Waals surface area contributed by atoms with E-state index in [4.69, 9.17) is 18.9 Å². The fourth-order valence-corrected chi connectivity index (χ4v) is 4.81. The Kier molecular flexibility index (Phi) is 11.9.